The lowest BCUT2D eigenvalue weighted by Gasteiger charge is -2.26. The van der Waals surface area contributed by atoms with Crippen molar-refractivity contribution in [3.05, 3.63) is 0 Å². The molecule has 1 rings (SSSR count). The number of nitrogens with zero attached hydrogens (tertiary/aromatic N) is 1. The number of carboxylic acids is 1. The Kier molecular flexibility index (Phi) is 7.20. The first-order chi connectivity index (χ1) is 9.08. The van der Waals surface area contributed by atoms with Gasteiger partial charge in [0, 0.05) is 39.1 Å². The van der Waals surface area contributed by atoms with Crippen LogP contribution in [0.2, 0.25) is 0 Å². The Morgan fingerprint density at radius 2 is 2.00 bits per heavy atom. The predicted molar refractivity (Wildman–Crippen MR) is 70.1 cm³/mol. The quantitative estimate of drug-likeness (QED) is 0.594. The number of rotatable bonds is 7. The number of morpholine rings is 1. The minimum Gasteiger partial charge on any atom is -0.481 e. The van der Waals surface area contributed by atoms with Crippen LogP contribution in [-0.2, 0) is 9.53 Å². The number of hydrogen-bond donors (Lipinski definition) is 3. The Bertz CT molecular complexity index is 293. The highest BCUT2D eigenvalue weighted by Gasteiger charge is 2.11. The molecule has 110 valence electrons. The molecule has 0 aromatic heterocycles. The zero-order valence-electron chi connectivity index (χ0n) is 11.4. The number of carbonyl (C=O) groups excluding carboxylic acids is 1. The van der Waals surface area contributed by atoms with Gasteiger partial charge in [0.1, 0.15) is 0 Å². The van der Waals surface area contributed by atoms with Gasteiger partial charge in [0.15, 0.2) is 0 Å². The second-order valence-electron chi connectivity index (χ2n) is 4.79. The first kappa shape index (κ1) is 15.7. The molecule has 2 amide bonds. The van der Waals surface area contributed by atoms with Gasteiger partial charge < -0.3 is 20.5 Å². The smallest absolute Gasteiger partial charge is 0.314 e. The highest BCUT2D eigenvalue weighted by molar-refractivity contribution is 5.74. The lowest BCUT2D eigenvalue weighted by atomic mass is 10.1. The average molecular weight is 273 g/mol. The summed E-state index contributed by atoms with van der Waals surface area (Å²) in [5, 5.41) is 14.0. The van der Waals surface area contributed by atoms with Crippen molar-refractivity contribution in [2.45, 2.75) is 13.3 Å². The highest BCUT2D eigenvalue weighted by Crippen LogP contribution is 1.99. The molecule has 0 aromatic rings. The van der Waals surface area contributed by atoms with Gasteiger partial charge in [0.05, 0.1) is 13.2 Å². The summed E-state index contributed by atoms with van der Waals surface area (Å²) in [7, 11) is 0. The van der Waals surface area contributed by atoms with Crippen molar-refractivity contribution in [3.8, 4) is 0 Å². The van der Waals surface area contributed by atoms with Gasteiger partial charge >= 0.3 is 12.0 Å². The molecule has 1 unspecified atom stereocenters. The number of ether oxygens (including phenoxy) is 1. The van der Waals surface area contributed by atoms with E-state index < -0.39 is 5.97 Å². The minimum absolute atomic E-state index is 0.0635. The standard InChI is InChI=1S/C12H23N3O4/c1-10(8-11(16)17)9-14-12(18)13-2-3-15-4-6-19-7-5-15/h10H,2-9H2,1H3,(H,16,17)(H2,13,14,18). The van der Waals surface area contributed by atoms with E-state index in [1.165, 1.54) is 0 Å². The van der Waals surface area contributed by atoms with Gasteiger partial charge in [-0.05, 0) is 5.92 Å². The number of carboxylic acid groups (broad SMARTS) is 1. The largest absolute Gasteiger partial charge is 0.481 e. The first-order valence-corrected chi connectivity index (χ1v) is 6.61. The van der Waals surface area contributed by atoms with Crippen LogP contribution in [0.25, 0.3) is 0 Å². The van der Waals surface area contributed by atoms with Crippen LogP contribution < -0.4 is 10.6 Å². The van der Waals surface area contributed by atoms with Crippen molar-refractivity contribution in [2.75, 3.05) is 45.9 Å². The maximum absolute atomic E-state index is 11.5. The maximum atomic E-state index is 11.5. The van der Waals surface area contributed by atoms with Crippen LogP contribution in [0.3, 0.4) is 0 Å². The van der Waals surface area contributed by atoms with Gasteiger partial charge in [-0.25, -0.2) is 4.79 Å². The molecule has 1 heterocycles. The third-order valence-corrected chi connectivity index (χ3v) is 2.95. The van der Waals surface area contributed by atoms with Gasteiger partial charge in [-0.1, -0.05) is 6.92 Å². The van der Waals surface area contributed by atoms with Crippen LogP contribution in [0.1, 0.15) is 13.3 Å². The molecule has 7 heteroatoms. The summed E-state index contributed by atoms with van der Waals surface area (Å²) in [5.41, 5.74) is 0. The molecule has 19 heavy (non-hydrogen) atoms. The summed E-state index contributed by atoms with van der Waals surface area (Å²) in [6.45, 7) is 6.86. The summed E-state index contributed by atoms with van der Waals surface area (Å²) >= 11 is 0. The molecule has 1 saturated heterocycles. The molecule has 1 aliphatic heterocycles. The van der Waals surface area contributed by atoms with E-state index in [9.17, 15) is 9.59 Å². The van der Waals surface area contributed by atoms with E-state index in [4.69, 9.17) is 9.84 Å². The molecule has 0 spiro atoms. The molecule has 0 aliphatic carbocycles. The van der Waals surface area contributed by atoms with Crippen LogP contribution >= 0.6 is 0 Å². The van der Waals surface area contributed by atoms with Crippen molar-refractivity contribution < 1.29 is 19.4 Å². The number of nitrogens with one attached hydrogen (secondary N) is 2. The van der Waals surface area contributed by atoms with Crippen molar-refractivity contribution >= 4 is 12.0 Å². The lowest BCUT2D eigenvalue weighted by molar-refractivity contribution is -0.137. The maximum Gasteiger partial charge on any atom is 0.314 e. The van der Waals surface area contributed by atoms with Crippen molar-refractivity contribution in [3.63, 3.8) is 0 Å². The topological polar surface area (TPSA) is 90.9 Å². The van der Waals surface area contributed by atoms with Crippen molar-refractivity contribution in [1.29, 1.82) is 0 Å². The van der Waals surface area contributed by atoms with E-state index in [0.717, 1.165) is 32.8 Å². The molecular formula is C12H23N3O4. The summed E-state index contributed by atoms with van der Waals surface area (Å²) in [5.74, 6) is -0.912. The molecule has 1 aliphatic rings. The number of urea groups is 1. The molecular weight excluding hydrogens is 250 g/mol. The zero-order chi connectivity index (χ0) is 14.1. The molecule has 0 bridgehead atoms. The van der Waals surface area contributed by atoms with Gasteiger partial charge in [0.25, 0.3) is 0 Å². The molecule has 0 aromatic carbocycles. The minimum atomic E-state index is -0.845. The molecule has 7 nitrogen and oxygen atoms in total. The van der Waals surface area contributed by atoms with Crippen LogP contribution in [-0.4, -0.2) is 67.9 Å². The van der Waals surface area contributed by atoms with E-state index in [1.54, 1.807) is 6.92 Å². The Balaban J connectivity index is 2.02. The molecule has 1 atom stereocenters. The summed E-state index contributed by atoms with van der Waals surface area (Å²) in [6, 6.07) is -0.245. The SMILES string of the molecule is CC(CNC(=O)NCCN1CCOCC1)CC(=O)O. The Morgan fingerprint density at radius 1 is 1.32 bits per heavy atom. The van der Waals surface area contributed by atoms with Crippen LogP contribution in [0.5, 0.6) is 0 Å². The van der Waals surface area contributed by atoms with Crippen LogP contribution in [0.15, 0.2) is 0 Å². The van der Waals surface area contributed by atoms with E-state index in [0.29, 0.717) is 13.1 Å². The Morgan fingerprint density at radius 3 is 2.63 bits per heavy atom. The zero-order valence-corrected chi connectivity index (χ0v) is 11.4. The van der Waals surface area contributed by atoms with Crippen molar-refractivity contribution in [2.24, 2.45) is 5.92 Å². The number of carbonyl (C=O) groups is 2. The number of hydrogen-bond acceptors (Lipinski definition) is 4. The molecule has 0 radical (unpaired) electrons. The molecule has 1 fully saturated rings. The highest BCUT2D eigenvalue weighted by atomic mass is 16.5. The second-order valence-corrected chi connectivity index (χ2v) is 4.79. The fourth-order valence-corrected chi connectivity index (χ4v) is 1.85. The predicted octanol–water partition coefficient (Wildman–Crippen LogP) is -0.271. The fourth-order valence-electron chi connectivity index (χ4n) is 1.85. The normalized spacial score (nSPS) is 17.7. The lowest BCUT2D eigenvalue weighted by Crippen LogP contribution is -2.44. The van der Waals surface area contributed by atoms with Gasteiger partial charge in [-0.2, -0.15) is 0 Å². The number of aliphatic carboxylic acids is 1. The van der Waals surface area contributed by atoms with Crippen LogP contribution in [0, 0.1) is 5.92 Å². The van der Waals surface area contributed by atoms with E-state index in [2.05, 4.69) is 15.5 Å². The molecule has 3 N–H and O–H groups in total. The summed E-state index contributed by atoms with van der Waals surface area (Å²) in [4.78, 5) is 24.2. The Labute approximate surface area is 113 Å². The first-order valence-electron chi connectivity index (χ1n) is 6.61. The monoisotopic (exact) mass is 273 g/mol. The third kappa shape index (κ3) is 7.63. The van der Waals surface area contributed by atoms with Crippen molar-refractivity contribution in [1.82, 2.24) is 15.5 Å². The van der Waals surface area contributed by atoms with E-state index in [-0.39, 0.29) is 18.4 Å². The number of amides is 2. The Hall–Kier alpha value is -1.34. The van der Waals surface area contributed by atoms with Crippen LogP contribution in [0.4, 0.5) is 4.79 Å². The van der Waals surface area contributed by atoms with E-state index in [1.807, 2.05) is 0 Å². The molecule has 0 saturated carbocycles. The summed E-state index contributed by atoms with van der Waals surface area (Å²) < 4.78 is 5.23. The average Bonchev–Trinajstić information content (AvgIpc) is 2.37. The van der Waals surface area contributed by atoms with E-state index >= 15 is 0 Å². The third-order valence-electron chi connectivity index (χ3n) is 2.95. The van der Waals surface area contributed by atoms with Gasteiger partial charge in [-0.15, -0.1) is 0 Å². The van der Waals surface area contributed by atoms with Gasteiger partial charge in [-0.3, -0.25) is 9.69 Å². The summed E-state index contributed by atoms with van der Waals surface area (Å²) in [6.07, 6.45) is 0.0635. The fraction of sp³-hybridized carbons (Fsp3) is 0.833. The second kappa shape index (κ2) is 8.71. The van der Waals surface area contributed by atoms with Gasteiger partial charge in [0.2, 0.25) is 0 Å².